The first-order valence-electron chi connectivity index (χ1n) is 4.47. The maximum Gasteiger partial charge on any atom is 0.144 e. The highest BCUT2D eigenvalue weighted by Gasteiger charge is 2.18. The number of rotatable bonds is 2. The van der Waals surface area contributed by atoms with Crippen LogP contribution in [-0.4, -0.2) is 20.2 Å². The number of hydrogen-bond acceptors (Lipinski definition) is 2. The van der Waals surface area contributed by atoms with E-state index in [2.05, 4.69) is 9.38 Å². The second kappa shape index (κ2) is 4.61. The monoisotopic (exact) mass is 228 g/mol. The zero-order chi connectivity index (χ0) is 11.5. The van der Waals surface area contributed by atoms with Gasteiger partial charge in [-0.25, -0.2) is 8.60 Å². The highest BCUT2D eigenvalue weighted by Crippen LogP contribution is 2.11. The quantitative estimate of drug-likeness (QED) is 0.727. The summed E-state index contributed by atoms with van der Waals surface area (Å²) < 4.78 is 27.5. The summed E-state index contributed by atoms with van der Waals surface area (Å²) in [4.78, 5) is 3.77. The third kappa shape index (κ3) is 3.87. The minimum absolute atomic E-state index is 0.392. The molecule has 0 N–H and O–H groups in total. The average molecular weight is 228 g/mol. The third-order valence-electron chi connectivity index (χ3n) is 1.55. The number of halogens is 1. The van der Waals surface area contributed by atoms with Crippen molar-refractivity contribution < 1.29 is 8.60 Å². The summed E-state index contributed by atoms with van der Waals surface area (Å²) in [6.07, 6.45) is 2.49. The maximum absolute atomic E-state index is 12.5. The molecule has 0 saturated carbocycles. The molecule has 0 amide bonds. The minimum Gasteiger partial charge on any atom is -0.252 e. The lowest BCUT2D eigenvalue weighted by atomic mass is 10.3. The summed E-state index contributed by atoms with van der Waals surface area (Å²) in [6, 6.07) is 2.77. The molecule has 0 aromatic carbocycles. The molecule has 1 aromatic heterocycles. The molecule has 0 fully saturated rings. The first-order valence-corrected chi connectivity index (χ1v) is 5.58. The van der Waals surface area contributed by atoms with Gasteiger partial charge in [-0.05, 0) is 32.9 Å². The van der Waals surface area contributed by atoms with E-state index in [4.69, 9.17) is 0 Å². The summed E-state index contributed by atoms with van der Waals surface area (Å²) in [5, 5.41) is 0. The Morgan fingerprint density at radius 1 is 1.47 bits per heavy atom. The van der Waals surface area contributed by atoms with E-state index in [1.165, 1.54) is 18.3 Å². The van der Waals surface area contributed by atoms with Crippen molar-refractivity contribution in [3.05, 3.63) is 29.8 Å². The number of nitrogens with zero attached hydrogens (tertiary/aromatic N) is 2. The second-order valence-corrected chi connectivity index (χ2v) is 5.93. The molecule has 0 spiro atoms. The summed E-state index contributed by atoms with van der Waals surface area (Å²) in [5.41, 5.74) is 0.494. The lowest BCUT2D eigenvalue weighted by Gasteiger charge is -2.12. The van der Waals surface area contributed by atoms with Crippen LogP contribution in [0.5, 0.6) is 0 Å². The first-order chi connectivity index (χ1) is 6.89. The van der Waals surface area contributed by atoms with Gasteiger partial charge < -0.3 is 0 Å². The van der Waals surface area contributed by atoms with Crippen LogP contribution in [0.25, 0.3) is 0 Å². The van der Waals surface area contributed by atoms with Crippen LogP contribution in [0, 0.1) is 5.82 Å². The molecule has 0 aliphatic rings. The van der Waals surface area contributed by atoms with Crippen LogP contribution in [0.15, 0.2) is 22.7 Å². The predicted molar refractivity (Wildman–Crippen MR) is 59.7 cm³/mol. The third-order valence-corrected chi connectivity index (χ3v) is 2.90. The zero-order valence-corrected chi connectivity index (χ0v) is 9.71. The van der Waals surface area contributed by atoms with Gasteiger partial charge in [-0.1, -0.05) is 0 Å². The van der Waals surface area contributed by atoms with Crippen molar-refractivity contribution in [2.24, 2.45) is 4.40 Å². The van der Waals surface area contributed by atoms with Crippen molar-refractivity contribution in [2.45, 2.75) is 25.5 Å². The molecule has 82 valence electrons. The van der Waals surface area contributed by atoms with E-state index in [-0.39, 0.29) is 0 Å². The summed E-state index contributed by atoms with van der Waals surface area (Å²) in [6.45, 7) is 5.50. The topological polar surface area (TPSA) is 42.3 Å². The lowest BCUT2D eigenvalue weighted by molar-refractivity contribution is 0.621. The highest BCUT2D eigenvalue weighted by molar-refractivity contribution is 7.85. The van der Waals surface area contributed by atoms with E-state index in [1.54, 1.807) is 0 Å². The molecule has 15 heavy (non-hydrogen) atoms. The summed E-state index contributed by atoms with van der Waals surface area (Å²) in [5.74, 6) is -0.399. The van der Waals surface area contributed by atoms with E-state index in [1.807, 2.05) is 20.8 Å². The van der Waals surface area contributed by atoms with Crippen LogP contribution in [-0.2, 0) is 11.0 Å². The van der Waals surface area contributed by atoms with Gasteiger partial charge in [0.2, 0.25) is 0 Å². The normalized spacial score (nSPS) is 14.4. The highest BCUT2D eigenvalue weighted by atomic mass is 32.2. The Morgan fingerprint density at radius 2 is 2.13 bits per heavy atom. The van der Waals surface area contributed by atoms with E-state index in [9.17, 15) is 8.60 Å². The summed E-state index contributed by atoms with van der Waals surface area (Å²) in [7, 11) is -1.31. The van der Waals surface area contributed by atoms with Crippen molar-refractivity contribution in [3.8, 4) is 0 Å². The van der Waals surface area contributed by atoms with E-state index in [0.29, 0.717) is 5.69 Å². The molecule has 0 aliphatic heterocycles. The molecule has 0 saturated heterocycles. The molecule has 5 heteroatoms. The molecule has 1 aromatic rings. The lowest BCUT2D eigenvalue weighted by Crippen LogP contribution is -2.19. The van der Waals surface area contributed by atoms with Crippen molar-refractivity contribution in [1.82, 2.24) is 4.98 Å². The van der Waals surface area contributed by atoms with Crippen molar-refractivity contribution >= 4 is 17.2 Å². The van der Waals surface area contributed by atoms with Crippen molar-refractivity contribution in [2.75, 3.05) is 0 Å². The Kier molecular flexibility index (Phi) is 3.68. The largest absolute Gasteiger partial charge is 0.252 e. The smallest absolute Gasteiger partial charge is 0.144 e. The molecule has 0 bridgehead atoms. The van der Waals surface area contributed by atoms with E-state index in [0.717, 1.165) is 6.20 Å². The van der Waals surface area contributed by atoms with Gasteiger partial charge in [0.15, 0.2) is 0 Å². The Hall–Kier alpha value is -1.10. The van der Waals surface area contributed by atoms with Gasteiger partial charge in [-0.2, -0.15) is 4.40 Å². The van der Waals surface area contributed by atoms with Gasteiger partial charge in [0.05, 0.1) is 22.9 Å². The van der Waals surface area contributed by atoms with E-state index < -0.39 is 21.5 Å². The molecule has 1 heterocycles. The number of aromatic nitrogens is 1. The Labute approximate surface area is 91.0 Å². The Morgan fingerprint density at radius 3 is 2.60 bits per heavy atom. The molecule has 1 rings (SSSR count). The van der Waals surface area contributed by atoms with Gasteiger partial charge in [-0.3, -0.25) is 4.98 Å². The number of pyridine rings is 1. The standard InChI is InChI=1S/C10H13FN2OS/c1-10(2,3)15(14)13-7-9-5-4-8(11)6-12-9/h4-7H,1-3H3/b13-7+. The van der Waals surface area contributed by atoms with Crippen LogP contribution in [0.3, 0.4) is 0 Å². The van der Waals surface area contributed by atoms with Gasteiger partial charge in [0.1, 0.15) is 16.8 Å². The predicted octanol–water partition coefficient (Wildman–Crippen LogP) is 2.10. The van der Waals surface area contributed by atoms with Crippen molar-refractivity contribution in [1.29, 1.82) is 0 Å². The molecule has 0 radical (unpaired) electrons. The van der Waals surface area contributed by atoms with Crippen LogP contribution < -0.4 is 0 Å². The molecular weight excluding hydrogens is 215 g/mol. The Bertz CT molecular complexity index is 381. The SMILES string of the molecule is CC(C)(C)S(=O)/N=C/c1ccc(F)cn1. The van der Waals surface area contributed by atoms with Crippen LogP contribution in [0.1, 0.15) is 26.5 Å². The van der Waals surface area contributed by atoms with Crippen molar-refractivity contribution in [3.63, 3.8) is 0 Å². The molecule has 1 unspecified atom stereocenters. The molecule has 1 atom stereocenters. The van der Waals surface area contributed by atoms with Crippen LogP contribution in [0.4, 0.5) is 4.39 Å². The molecular formula is C10H13FN2OS. The fourth-order valence-electron chi connectivity index (χ4n) is 0.724. The second-order valence-electron chi connectivity index (χ2n) is 4.00. The number of hydrogen-bond donors (Lipinski definition) is 0. The van der Waals surface area contributed by atoms with Gasteiger partial charge in [-0.15, -0.1) is 0 Å². The van der Waals surface area contributed by atoms with E-state index >= 15 is 0 Å². The zero-order valence-electron chi connectivity index (χ0n) is 8.90. The van der Waals surface area contributed by atoms with Gasteiger partial charge in [0.25, 0.3) is 0 Å². The average Bonchev–Trinajstić information content (AvgIpc) is 2.15. The minimum atomic E-state index is -1.31. The maximum atomic E-state index is 12.5. The van der Waals surface area contributed by atoms with Crippen LogP contribution >= 0.6 is 0 Å². The fourth-order valence-corrected chi connectivity index (χ4v) is 1.24. The fraction of sp³-hybridized carbons (Fsp3) is 0.400. The Balaban J connectivity index is 2.74. The van der Waals surface area contributed by atoms with Crippen LogP contribution in [0.2, 0.25) is 0 Å². The van der Waals surface area contributed by atoms with Gasteiger partial charge in [0, 0.05) is 0 Å². The molecule has 3 nitrogen and oxygen atoms in total. The first kappa shape index (κ1) is 12.0. The summed E-state index contributed by atoms with van der Waals surface area (Å²) >= 11 is 0. The molecule has 0 aliphatic carbocycles. The van der Waals surface area contributed by atoms with Gasteiger partial charge >= 0.3 is 0 Å².